The molecule has 0 aromatic carbocycles. The summed E-state index contributed by atoms with van der Waals surface area (Å²) in [6.45, 7) is 3.39. The van der Waals surface area contributed by atoms with E-state index in [1.54, 1.807) is 19.3 Å². The molecule has 2 rings (SSSR count). The Labute approximate surface area is 107 Å². The van der Waals surface area contributed by atoms with E-state index in [1.165, 1.54) is 0 Å². The first kappa shape index (κ1) is 12.5. The first-order valence-corrected chi connectivity index (χ1v) is 6.39. The lowest BCUT2D eigenvalue weighted by Gasteiger charge is -2.34. The summed E-state index contributed by atoms with van der Waals surface area (Å²) in [6, 6.07) is 1.99. The number of hydrogen-bond acceptors (Lipinski definition) is 3. The first-order chi connectivity index (χ1) is 8.18. The lowest BCUT2D eigenvalue weighted by atomic mass is 9.98. The van der Waals surface area contributed by atoms with Crippen LogP contribution in [0.4, 0.5) is 0 Å². The Morgan fingerprint density at radius 2 is 2.41 bits per heavy atom. The van der Waals surface area contributed by atoms with E-state index in [0.717, 1.165) is 37.9 Å². The number of ketones is 1. The Morgan fingerprint density at radius 3 is 3.12 bits per heavy atom. The highest BCUT2D eigenvalue weighted by molar-refractivity contribution is 6.31. The summed E-state index contributed by atoms with van der Waals surface area (Å²) in [4.78, 5) is 17.8. The van der Waals surface area contributed by atoms with Crippen molar-refractivity contribution in [3.05, 3.63) is 29.0 Å². The minimum Gasteiger partial charge on any atom is -0.298 e. The second kappa shape index (κ2) is 5.61. The topological polar surface area (TPSA) is 33.2 Å². The van der Waals surface area contributed by atoms with E-state index in [1.807, 2.05) is 6.07 Å². The summed E-state index contributed by atoms with van der Waals surface area (Å²) in [5, 5.41) is 0.681. The normalized spacial score (nSPS) is 21.4. The summed E-state index contributed by atoms with van der Waals surface area (Å²) in [6.07, 6.45) is 6.67. The number of halogens is 1. The lowest BCUT2D eigenvalue weighted by molar-refractivity contribution is -0.123. The van der Waals surface area contributed by atoms with Crippen LogP contribution < -0.4 is 0 Å². The van der Waals surface area contributed by atoms with Crippen molar-refractivity contribution < 1.29 is 4.79 Å². The standard InChI is InChI=1S/C13H17ClN2O/c1-10(17)13-4-2-3-7-16(13)9-11-5-6-15-8-12(11)14/h5-6,8,13H,2-4,7,9H2,1H3. The zero-order valence-electron chi connectivity index (χ0n) is 10.0. The quantitative estimate of drug-likeness (QED) is 0.829. The van der Waals surface area contributed by atoms with E-state index in [9.17, 15) is 4.79 Å². The van der Waals surface area contributed by atoms with Gasteiger partial charge in [-0.15, -0.1) is 0 Å². The van der Waals surface area contributed by atoms with Gasteiger partial charge in [-0.25, -0.2) is 0 Å². The van der Waals surface area contributed by atoms with Crippen molar-refractivity contribution in [3.63, 3.8) is 0 Å². The number of rotatable bonds is 3. The van der Waals surface area contributed by atoms with Crippen molar-refractivity contribution in [2.24, 2.45) is 0 Å². The van der Waals surface area contributed by atoms with Crippen LogP contribution in [0.15, 0.2) is 18.5 Å². The molecule has 0 bridgehead atoms. The molecule has 0 amide bonds. The number of nitrogens with zero attached hydrogens (tertiary/aromatic N) is 2. The van der Waals surface area contributed by atoms with E-state index in [2.05, 4.69) is 9.88 Å². The minimum atomic E-state index is 0.0629. The molecule has 1 aliphatic heterocycles. The smallest absolute Gasteiger partial charge is 0.146 e. The van der Waals surface area contributed by atoms with Gasteiger partial charge < -0.3 is 0 Å². The van der Waals surface area contributed by atoms with Crippen LogP contribution in [0.3, 0.4) is 0 Å². The molecule has 92 valence electrons. The Kier molecular flexibility index (Phi) is 4.13. The predicted octanol–water partition coefficient (Wildman–Crippen LogP) is 2.68. The van der Waals surface area contributed by atoms with Gasteiger partial charge in [-0.2, -0.15) is 0 Å². The number of piperidine rings is 1. The lowest BCUT2D eigenvalue weighted by Crippen LogP contribution is -2.43. The number of pyridine rings is 1. The summed E-state index contributed by atoms with van der Waals surface area (Å²) in [7, 11) is 0. The molecule has 3 nitrogen and oxygen atoms in total. The predicted molar refractivity (Wildman–Crippen MR) is 68.0 cm³/mol. The molecular weight excluding hydrogens is 236 g/mol. The van der Waals surface area contributed by atoms with Crippen molar-refractivity contribution in [2.75, 3.05) is 6.54 Å². The number of Topliss-reactive ketones (excluding diaryl/α,β-unsaturated/α-hetero) is 1. The van der Waals surface area contributed by atoms with Gasteiger partial charge in [-0.1, -0.05) is 18.0 Å². The van der Waals surface area contributed by atoms with Crippen LogP contribution in [-0.2, 0) is 11.3 Å². The van der Waals surface area contributed by atoms with Gasteiger partial charge >= 0.3 is 0 Å². The van der Waals surface area contributed by atoms with Gasteiger partial charge in [0.15, 0.2) is 0 Å². The summed E-state index contributed by atoms with van der Waals surface area (Å²) >= 11 is 6.10. The number of carbonyl (C=O) groups is 1. The largest absolute Gasteiger partial charge is 0.298 e. The van der Waals surface area contributed by atoms with Gasteiger partial charge in [-0.05, 0) is 37.9 Å². The molecule has 1 saturated heterocycles. The fourth-order valence-electron chi connectivity index (χ4n) is 2.39. The third-order valence-electron chi connectivity index (χ3n) is 3.31. The molecule has 0 spiro atoms. The molecule has 1 aliphatic rings. The molecule has 1 unspecified atom stereocenters. The highest BCUT2D eigenvalue weighted by Crippen LogP contribution is 2.23. The van der Waals surface area contributed by atoms with E-state index in [0.29, 0.717) is 5.02 Å². The molecular formula is C13H17ClN2O. The van der Waals surface area contributed by atoms with Crippen LogP contribution in [0.25, 0.3) is 0 Å². The number of carbonyl (C=O) groups excluding carboxylic acids is 1. The molecule has 4 heteroatoms. The Hall–Kier alpha value is -0.930. The fourth-order valence-corrected chi connectivity index (χ4v) is 2.57. The summed E-state index contributed by atoms with van der Waals surface area (Å²) in [5.41, 5.74) is 1.05. The maximum atomic E-state index is 11.6. The molecule has 0 radical (unpaired) electrons. The van der Waals surface area contributed by atoms with Gasteiger partial charge in [0.25, 0.3) is 0 Å². The third kappa shape index (κ3) is 3.05. The van der Waals surface area contributed by atoms with E-state index >= 15 is 0 Å². The van der Waals surface area contributed by atoms with Gasteiger partial charge in [0, 0.05) is 18.9 Å². The van der Waals surface area contributed by atoms with Crippen molar-refractivity contribution >= 4 is 17.4 Å². The van der Waals surface area contributed by atoms with Gasteiger partial charge in [-0.3, -0.25) is 14.7 Å². The SMILES string of the molecule is CC(=O)C1CCCCN1Cc1ccncc1Cl. The second-order valence-electron chi connectivity index (χ2n) is 4.56. The van der Waals surface area contributed by atoms with Crippen molar-refractivity contribution in [2.45, 2.75) is 38.8 Å². The van der Waals surface area contributed by atoms with E-state index in [-0.39, 0.29) is 11.8 Å². The van der Waals surface area contributed by atoms with Crippen LogP contribution in [0.2, 0.25) is 5.02 Å². The Morgan fingerprint density at radius 1 is 1.59 bits per heavy atom. The van der Waals surface area contributed by atoms with E-state index < -0.39 is 0 Å². The zero-order valence-corrected chi connectivity index (χ0v) is 10.8. The number of likely N-dealkylation sites (tertiary alicyclic amines) is 1. The molecule has 1 aromatic rings. The van der Waals surface area contributed by atoms with Crippen LogP contribution in [-0.4, -0.2) is 28.3 Å². The third-order valence-corrected chi connectivity index (χ3v) is 3.65. The molecule has 2 heterocycles. The average Bonchev–Trinajstić information content (AvgIpc) is 2.32. The minimum absolute atomic E-state index is 0.0629. The molecule has 0 N–H and O–H groups in total. The zero-order chi connectivity index (χ0) is 12.3. The van der Waals surface area contributed by atoms with Crippen molar-refractivity contribution in [3.8, 4) is 0 Å². The number of aromatic nitrogens is 1. The van der Waals surface area contributed by atoms with Crippen LogP contribution in [0.5, 0.6) is 0 Å². The van der Waals surface area contributed by atoms with Crippen LogP contribution in [0.1, 0.15) is 31.7 Å². The molecule has 1 atom stereocenters. The molecule has 1 fully saturated rings. The van der Waals surface area contributed by atoms with Gasteiger partial charge in [0.1, 0.15) is 5.78 Å². The average molecular weight is 253 g/mol. The number of hydrogen-bond donors (Lipinski definition) is 0. The monoisotopic (exact) mass is 252 g/mol. The molecule has 0 aliphatic carbocycles. The maximum Gasteiger partial charge on any atom is 0.146 e. The van der Waals surface area contributed by atoms with Crippen molar-refractivity contribution in [1.82, 2.24) is 9.88 Å². The van der Waals surface area contributed by atoms with Crippen LogP contribution in [0, 0.1) is 0 Å². The van der Waals surface area contributed by atoms with Gasteiger partial charge in [0.2, 0.25) is 0 Å². The van der Waals surface area contributed by atoms with Crippen LogP contribution >= 0.6 is 11.6 Å². The Bertz CT molecular complexity index is 408. The first-order valence-electron chi connectivity index (χ1n) is 6.01. The van der Waals surface area contributed by atoms with E-state index in [4.69, 9.17) is 11.6 Å². The fraction of sp³-hybridized carbons (Fsp3) is 0.538. The second-order valence-corrected chi connectivity index (χ2v) is 4.97. The molecule has 0 saturated carbocycles. The highest BCUT2D eigenvalue weighted by atomic mass is 35.5. The molecule has 1 aromatic heterocycles. The summed E-state index contributed by atoms with van der Waals surface area (Å²) < 4.78 is 0. The van der Waals surface area contributed by atoms with Crippen molar-refractivity contribution in [1.29, 1.82) is 0 Å². The Balaban J connectivity index is 2.11. The summed E-state index contributed by atoms with van der Waals surface area (Å²) in [5.74, 6) is 0.259. The van der Waals surface area contributed by atoms with Gasteiger partial charge in [0.05, 0.1) is 11.1 Å². The molecule has 17 heavy (non-hydrogen) atoms. The highest BCUT2D eigenvalue weighted by Gasteiger charge is 2.26. The maximum absolute atomic E-state index is 11.6.